The maximum atomic E-state index is 12.5. The van der Waals surface area contributed by atoms with Crippen molar-refractivity contribution in [3.8, 4) is 0 Å². The van der Waals surface area contributed by atoms with Gasteiger partial charge in [-0.05, 0) is 6.07 Å². The number of amides is 1. The van der Waals surface area contributed by atoms with Gasteiger partial charge >= 0.3 is 0 Å². The van der Waals surface area contributed by atoms with Crippen molar-refractivity contribution in [3.05, 3.63) is 65.2 Å². The number of anilines is 1. The monoisotopic (exact) mass is 371 g/mol. The van der Waals surface area contributed by atoms with Gasteiger partial charge < -0.3 is 10.1 Å². The van der Waals surface area contributed by atoms with Gasteiger partial charge in [-0.15, -0.1) is 0 Å². The van der Waals surface area contributed by atoms with Gasteiger partial charge in [0.25, 0.3) is 16.0 Å². The normalized spacial score (nSPS) is 21.1. The molecule has 4 rings (SSSR count). The molecule has 0 radical (unpaired) electrons. The smallest absolute Gasteiger partial charge is 0.264 e. The van der Waals surface area contributed by atoms with E-state index in [2.05, 4.69) is 5.32 Å². The average molecular weight is 371 g/mol. The van der Waals surface area contributed by atoms with E-state index in [-0.39, 0.29) is 18.6 Å². The van der Waals surface area contributed by atoms with Crippen LogP contribution < -0.4 is 5.32 Å². The van der Waals surface area contributed by atoms with Crippen LogP contribution in [0.3, 0.4) is 0 Å². The predicted octanol–water partition coefficient (Wildman–Crippen LogP) is 2.94. The molecule has 1 atom stereocenters. The second-order valence-corrected chi connectivity index (χ2v) is 7.86. The molecule has 1 unspecified atom stereocenters. The molecule has 134 valence electrons. The third-order valence-corrected chi connectivity index (χ3v) is 4.98. The lowest BCUT2D eigenvalue weighted by Crippen LogP contribution is -2.08. The highest BCUT2D eigenvalue weighted by molar-refractivity contribution is 7.85. The SMILES string of the molecule is CS(=O)(=O)OCCC1O/C(=C2/C(=O)Nc3ccccc32)c2ccccc21. The summed E-state index contributed by atoms with van der Waals surface area (Å²) >= 11 is 0. The lowest BCUT2D eigenvalue weighted by molar-refractivity contribution is -0.110. The molecular formula is C19H17NO5S. The highest BCUT2D eigenvalue weighted by atomic mass is 32.2. The molecule has 0 saturated heterocycles. The molecule has 7 heteroatoms. The highest BCUT2D eigenvalue weighted by Crippen LogP contribution is 2.46. The zero-order valence-corrected chi connectivity index (χ0v) is 14.9. The number of benzene rings is 2. The number of ether oxygens (including phenoxy) is 1. The molecule has 26 heavy (non-hydrogen) atoms. The van der Waals surface area contributed by atoms with Crippen LogP contribution in [0.2, 0.25) is 0 Å². The van der Waals surface area contributed by atoms with Crippen LogP contribution in [0.25, 0.3) is 11.3 Å². The molecule has 0 fully saturated rings. The summed E-state index contributed by atoms with van der Waals surface area (Å²) in [6, 6.07) is 15.1. The molecule has 2 heterocycles. The van der Waals surface area contributed by atoms with Gasteiger partial charge in [0.2, 0.25) is 0 Å². The van der Waals surface area contributed by atoms with E-state index in [0.29, 0.717) is 17.8 Å². The van der Waals surface area contributed by atoms with E-state index in [1.165, 1.54) is 0 Å². The van der Waals surface area contributed by atoms with Gasteiger partial charge in [-0.3, -0.25) is 8.98 Å². The molecular weight excluding hydrogens is 354 g/mol. The minimum Gasteiger partial charge on any atom is -0.484 e. The Morgan fingerprint density at radius 1 is 1.08 bits per heavy atom. The van der Waals surface area contributed by atoms with Crippen molar-refractivity contribution >= 4 is 33.0 Å². The van der Waals surface area contributed by atoms with Crippen LogP contribution >= 0.6 is 0 Å². The third-order valence-electron chi connectivity index (χ3n) is 4.39. The van der Waals surface area contributed by atoms with E-state index in [1.807, 2.05) is 48.5 Å². The zero-order valence-electron chi connectivity index (χ0n) is 14.1. The first-order chi connectivity index (χ1) is 12.4. The van der Waals surface area contributed by atoms with Crippen molar-refractivity contribution in [2.45, 2.75) is 12.5 Å². The molecule has 2 aliphatic heterocycles. The van der Waals surface area contributed by atoms with Crippen molar-refractivity contribution < 1.29 is 22.1 Å². The van der Waals surface area contributed by atoms with Crippen LogP contribution in [0.1, 0.15) is 29.2 Å². The molecule has 1 amide bonds. The quantitative estimate of drug-likeness (QED) is 0.660. The van der Waals surface area contributed by atoms with E-state index in [1.54, 1.807) is 0 Å². The van der Waals surface area contributed by atoms with Gasteiger partial charge in [-0.25, -0.2) is 0 Å². The van der Waals surface area contributed by atoms with Crippen LogP contribution in [0.5, 0.6) is 0 Å². The Morgan fingerprint density at radius 2 is 1.77 bits per heavy atom. The van der Waals surface area contributed by atoms with Gasteiger partial charge in [0, 0.05) is 28.8 Å². The van der Waals surface area contributed by atoms with Gasteiger partial charge in [0.1, 0.15) is 11.9 Å². The standard InChI is InChI=1S/C19H17NO5S/c1-26(22,23)24-11-10-16-12-6-2-3-7-13(12)18(25-16)17-14-8-4-5-9-15(14)20-19(17)21/h2-9,16H,10-11H2,1H3,(H,20,21)/b18-17+. The van der Waals surface area contributed by atoms with Crippen molar-refractivity contribution in [3.63, 3.8) is 0 Å². The Morgan fingerprint density at radius 3 is 2.54 bits per heavy atom. The Balaban J connectivity index is 1.72. The van der Waals surface area contributed by atoms with Crippen molar-refractivity contribution in [1.82, 2.24) is 0 Å². The second-order valence-electron chi connectivity index (χ2n) is 6.21. The van der Waals surface area contributed by atoms with E-state index >= 15 is 0 Å². The lowest BCUT2D eigenvalue weighted by atomic mass is 9.98. The largest absolute Gasteiger partial charge is 0.484 e. The van der Waals surface area contributed by atoms with E-state index in [0.717, 1.165) is 28.6 Å². The molecule has 6 nitrogen and oxygen atoms in total. The first-order valence-electron chi connectivity index (χ1n) is 8.19. The molecule has 2 aliphatic rings. The van der Waals surface area contributed by atoms with E-state index < -0.39 is 10.1 Å². The van der Waals surface area contributed by atoms with Gasteiger partial charge in [0.05, 0.1) is 18.4 Å². The first kappa shape index (κ1) is 16.8. The fraction of sp³-hybridized carbons (Fsp3) is 0.211. The Hall–Kier alpha value is -2.64. The van der Waals surface area contributed by atoms with E-state index in [4.69, 9.17) is 8.92 Å². The van der Waals surface area contributed by atoms with Crippen LogP contribution in [0.4, 0.5) is 5.69 Å². The van der Waals surface area contributed by atoms with Gasteiger partial charge in [-0.2, -0.15) is 8.42 Å². The minimum atomic E-state index is -3.50. The summed E-state index contributed by atoms with van der Waals surface area (Å²) in [6.45, 7) is 0.0171. The number of rotatable bonds is 4. The number of carbonyl (C=O) groups is 1. The highest BCUT2D eigenvalue weighted by Gasteiger charge is 2.35. The molecule has 2 aromatic carbocycles. The van der Waals surface area contributed by atoms with Crippen LogP contribution in [0.15, 0.2) is 48.5 Å². The Kier molecular flexibility index (Phi) is 4.05. The van der Waals surface area contributed by atoms with Crippen LogP contribution in [0, 0.1) is 0 Å². The van der Waals surface area contributed by atoms with Crippen LogP contribution in [-0.4, -0.2) is 27.2 Å². The summed E-state index contributed by atoms with van der Waals surface area (Å²) in [4.78, 5) is 12.5. The van der Waals surface area contributed by atoms with Crippen molar-refractivity contribution in [1.29, 1.82) is 0 Å². The van der Waals surface area contributed by atoms with Crippen molar-refractivity contribution in [2.24, 2.45) is 0 Å². The maximum Gasteiger partial charge on any atom is 0.264 e. The summed E-state index contributed by atoms with van der Waals surface area (Å²) in [5.41, 5.74) is 3.82. The van der Waals surface area contributed by atoms with Gasteiger partial charge in [-0.1, -0.05) is 42.5 Å². The number of hydrogen-bond acceptors (Lipinski definition) is 5. The van der Waals surface area contributed by atoms with E-state index in [9.17, 15) is 13.2 Å². The van der Waals surface area contributed by atoms with Crippen molar-refractivity contribution in [2.75, 3.05) is 18.2 Å². The zero-order chi connectivity index (χ0) is 18.3. The summed E-state index contributed by atoms with van der Waals surface area (Å²) in [5.74, 6) is 0.316. The second kappa shape index (κ2) is 6.26. The number of para-hydroxylation sites is 1. The predicted molar refractivity (Wildman–Crippen MR) is 97.6 cm³/mol. The van der Waals surface area contributed by atoms with Gasteiger partial charge in [0.15, 0.2) is 0 Å². The third kappa shape index (κ3) is 3.00. The summed E-state index contributed by atoms with van der Waals surface area (Å²) in [6.07, 6.45) is 1.02. The lowest BCUT2D eigenvalue weighted by Gasteiger charge is -2.12. The molecule has 2 aromatic rings. The maximum absolute atomic E-state index is 12.5. The fourth-order valence-corrected chi connectivity index (χ4v) is 3.71. The Bertz CT molecular complexity index is 1030. The molecule has 0 aromatic heterocycles. The topological polar surface area (TPSA) is 81.7 Å². The summed E-state index contributed by atoms with van der Waals surface area (Å²) in [5, 5.41) is 2.85. The minimum absolute atomic E-state index is 0.0171. The first-order valence-corrected chi connectivity index (χ1v) is 10.0. The number of hydrogen-bond donors (Lipinski definition) is 1. The number of carbonyl (C=O) groups excluding carboxylic acids is 1. The molecule has 0 spiro atoms. The Labute approximate surface area is 151 Å². The summed E-state index contributed by atoms with van der Waals surface area (Å²) < 4.78 is 33.3. The molecule has 0 bridgehead atoms. The molecule has 0 saturated carbocycles. The molecule has 0 aliphatic carbocycles. The van der Waals surface area contributed by atoms with Crippen LogP contribution in [-0.2, 0) is 23.8 Å². The number of fused-ring (bicyclic) bond motifs is 2. The number of nitrogens with one attached hydrogen (secondary N) is 1. The molecule has 1 N–H and O–H groups in total. The fourth-order valence-electron chi connectivity index (χ4n) is 3.31. The average Bonchev–Trinajstić information content (AvgIpc) is 3.11. The summed E-state index contributed by atoms with van der Waals surface area (Å²) in [7, 11) is -3.50.